The molecule has 3 nitrogen and oxygen atoms in total. The van der Waals surface area contributed by atoms with Crippen molar-refractivity contribution in [2.45, 2.75) is 33.7 Å². The Morgan fingerprint density at radius 2 is 2.11 bits per heavy atom. The van der Waals surface area contributed by atoms with Crippen molar-refractivity contribution in [3.05, 3.63) is 34.9 Å². The Bertz CT molecular complexity index is 509. The lowest BCUT2D eigenvalue weighted by Crippen LogP contribution is -2.36. The number of carbonyl (C=O) groups excluding carboxylic acids is 1. The zero-order chi connectivity index (χ0) is 14.4. The van der Waals surface area contributed by atoms with Crippen molar-refractivity contribution in [2.24, 2.45) is 0 Å². The quantitative estimate of drug-likeness (QED) is 0.845. The minimum absolute atomic E-state index is 0.0438. The summed E-state index contributed by atoms with van der Waals surface area (Å²) in [5, 5.41) is 8.69. The van der Waals surface area contributed by atoms with Gasteiger partial charge in [-0.25, -0.2) is 0 Å². The minimum Gasteiger partial charge on any atom is -0.384 e. The van der Waals surface area contributed by atoms with Gasteiger partial charge in [0.1, 0.15) is 6.61 Å². The van der Waals surface area contributed by atoms with Gasteiger partial charge in [0.15, 0.2) is 0 Å². The first-order valence-corrected chi connectivity index (χ1v) is 6.52. The second-order valence-corrected chi connectivity index (χ2v) is 4.67. The van der Waals surface area contributed by atoms with Crippen LogP contribution in [0.4, 0.5) is 0 Å². The molecule has 0 heterocycles. The standard InChI is InChI=1S/C16H21NO2/c1-5-17(12(2)3)16(19)15-9-8-14(7-6-10-18)13(4)11-15/h8-9,11-12,18H,5,10H2,1-4H3. The third kappa shape index (κ3) is 3.84. The first-order valence-electron chi connectivity index (χ1n) is 6.52. The number of aryl methyl sites for hydroxylation is 1. The number of rotatable bonds is 3. The molecule has 19 heavy (non-hydrogen) atoms. The largest absolute Gasteiger partial charge is 0.384 e. The van der Waals surface area contributed by atoms with E-state index in [0.717, 1.165) is 11.1 Å². The highest BCUT2D eigenvalue weighted by Gasteiger charge is 2.17. The molecule has 0 saturated heterocycles. The summed E-state index contributed by atoms with van der Waals surface area (Å²) in [5.74, 6) is 5.53. The molecule has 0 bridgehead atoms. The van der Waals surface area contributed by atoms with E-state index in [9.17, 15) is 4.79 Å². The van der Waals surface area contributed by atoms with Crippen molar-refractivity contribution < 1.29 is 9.90 Å². The zero-order valence-corrected chi connectivity index (χ0v) is 12.0. The molecule has 0 spiro atoms. The number of amides is 1. The molecular formula is C16H21NO2. The summed E-state index contributed by atoms with van der Waals surface area (Å²) < 4.78 is 0. The van der Waals surface area contributed by atoms with Gasteiger partial charge in [0.2, 0.25) is 0 Å². The molecule has 0 aliphatic heterocycles. The van der Waals surface area contributed by atoms with Gasteiger partial charge in [0.05, 0.1) is 0 Å². The molecule has 1 aromatic rings. The SMILES string of the molecule is CCN(C(=O)c1ccc(C#CCO)c(C)c1)C(C)C. The number of benzene rings is 1. The Kier molecular flexibility index (Phi) is 5.59. The van der Waals surface area contributed by atoms with E-state index in [1.54, 1.807) is 6.07 Å². The Morgan fingerprint density at radius 1 is 1.42 bits per heavy atom. The molecule has 0 fully saturated rings. The Labute approximate surface area is 115 Å². The molecule has 1 aromatic carbocycles. The maximum absolute atomic E-state index is 12.3. The third-order valence-electron chi connectivity index (χ3n) is 3.00. The van der Waals surface area contributed by atoms with Crippen LogP contribution in [-0.2, 0) is 0 Å². The molecule has 1 rings (SSSR count). The first kappa shape index (κ1) is 15.3. The summed E-state index contributed by atoms with van der Waals surface area (Å²) in [6.45, 7) is 8.46. The van der Waals surface area contributed by atoms with Crippen LogP contribution in [0.25, 0.3) is 0 Å². The molecule has 0 aliphatic rings. The van der Waals surface area contributed by atoms with Crippen molar-refractivity contribution in [3.63, 3.8) is 0 Å². The molecule has 0 radical (unpaired) electrons. The van der Waals surface area contributed by atoms with Gasteiger partial charge in [-0.1, -0.05) is 11.8 Å². The topological polar surface area (TPSA) is 40.5 Å². The molecule has 0 atom stereocenters. The maximum Gasteiger partial charge on any atom is 0.254 e. The molecule has 102 valence electrons. The van der Waals surface area contributed by atoms with Crippen LogP contribution >= 0.6 is 0 Å². The fourth-order valence-corrected chi connectivity index (χ4v) is 1.98. The molecule has 0 unspecified atom stereocenters. The van der Waals surface area contributed by atoms with Crippen LogP contribution in [0.15, 0.2) is 18.2 Å². The van der Waals surface area contributed by atoms with Crippen molar-refractivity contribution in [1.29, 1.82) is 0 Å². The van der Waals surface area contributed by atoms with Crippen LogP contribution in [-0.4, -0.2) is 35.1 Å². The number of aliphatic hydroxyl groups excluding tert-OH is 1. The van der Waals surface area contributed by atoms with E-state index in [4.69, 9.17) is 5.11 Å². The number of nitrogens with zero attached hydrogens (tertiary/aromatic N) is 1. The van der Waals surface area contributed by atoms with Gasteiger partial charge in [-0.2, -0.15) is 0 Å². The summed E-state index contributed by atoms with van der Waals surface area (Å²) in [7, 11) is 0. The molecule has 0 aromatic heterocycles. The van der Waals surface area contributed by atoms with Gasteiger partial charge >= 0.3 is 0 Å². The van der Waals surface area contributed by atoms with E-state index < -0.39 is 0 Å². The molecule has 1 N–H and O–H groups in total. The summed E-state index contributed by atoms with van der Waals surface area (Å²) >= 11 is 0. The highest BCUT2D eigenvalue weighted by molar-refractivity contribution is 5.94. The maximum atomic E-state index is 12.3. The summed E-state index contributed by atoms with van der Waals surface area (Å²) in [4.78, 5) is 14.2. The summed E-state index contributed by atoms with van der Waals surface area (Å²) in [6.07, 6.45) is 0. The third-order valence-corrected chi connectivity index (χ3v) is 3.00. The van der Waals surface area contributed by atoms with Crippen molar-refractivity contribution in [2.75, 3.05) is 13.2 Å². The van der Waals surface area contributed by atoms with E-state index in [-0.39, 0.29) is 18.6 Å². The van der Waals surface area contributed by atoms with E-state index in [1.165, 1.54) is 0 Å². The highest BCUT2D eigenvalue weighted by atomic mass is 16.2. The van der Waals surface area contributed by atoms with Crippen LogP contribution in [0.5, 0.6) is 0 Å². The smallest absolute Gasteiger partial charge is 0.254 e. The van der Waals surface area contributed by atoms with Crippen LogP contribution in [0.3, 0.4) is 0 Å². The van der Waals surface area contributed by atoms with E-state index >= 15 is 0 Å². The van der Waals surface area contributed by atoms with Crippen LogP contribution in [0.1, 0.15) is 42.3 Å². The minimum atomic E-state index is -0.156. The van der Waals surface area contributed by atoms with Gasteiger partial charge in [-0.05, 0) is 51.5 Å². The second-order valence-electron chi connectivity index (χ2n) is 4.67. The fourth-order valence-electron chi connectivity index (χ4n) is 1.98. The van der Waals surface area contributed by atoms with Crippen molar-refractivity contribution in [3.8, 4) is 11.8 Å². The number of aliphatic hydroxyl groups is 1. The normalized spacial score (nSPS) is 10.0. The molecule has 3 heteroatoms. The molecule has 1 amide bonds. The van der Waals surface area contributed by atoms with Crippen molar-refractivity contribution >= 4 is 5.91 Å². The van der Waals surface area contributed by atoms with Crippen molar-refractivity contribution in [1.82, 2.24) is 4.90 Å². The van der Waals surface area contributed by atoms with Gasteiger partial charge in [-0.3, -0.25) is 4.79 Å². The molecular weight excluding hydrogens is 238 g/mol. The second kappa shape index (κ2) is 6.96. The molecule has 0 saturated carbocycles. The summed E-state index contributed by atoms with van der Waals surface area (Å²) in [6, 6.07) is 5.67. The van der Waals surface area contributed by atoms with Gasteiger partial charge < -0.3 is 10.0 Å². The van der Waals surface area contributed by atoms with Crippen LogP contribution in [0, 0.1) is 18.8 Å². The number of hydrogen-bond donors (Lipinski definition) is 1. The lowest BCUT2D eigenvalue weighted by atomic mass is 10.0. The van der Waals surface area contributed by atoms with Gasteiger partial charge in [-0.15, -0.1) is 0 Å². The van der Waals surface area contributed by atoms with Gasteiger partial charge in [0, 0.05) is 23.7 Å². The predicted octanol–water partition coefficient (Wildman–Crippen LogP) is 2.21. The van der Waals surface area contributed by atoms with Gasteiger partial charge in [0.25, 0.3) is 5.91 Å². The predicted molar refractivity (Wildman–Crippen MR) is 77.0 cm³/mol. The lowest BCUT2D eigenvalue weighted by Gasteiger charge is -2.25. The highest BCUT2D eigenvalue weighted by Crippen LogP contribution is 2.13. The molecule has 0 aliphatic carbocycles. The van der Waals surface area contributed by atoms with E-state index in [0.29, 0.717) is 12.1 Å². The average Bonchev–Trinajstić information content (AvgIpc) is 2.37. The first-order chi connectivity index (χ1) is 9.01. The zero-order valence-electron chi connectivity index (χ0n) is 12.0. The number of carbonyl (C=O) groups is 1. The van der Waals surface area contributed by atoms with E-state index in [2.05, 4.69) is 11.8 Å². The van der Waals surface area contributed by atoms with Crippen LogP contribution in [0.2, 0.25) is 0 Å². The Balaban J connectivity index is 3.03. The Hall–Kier alpha value is -1.79. The Morgan fingerprint density at radius 3 is 2.58 bits per heavy atom. The monoisotopic (exact) mass is 259 g/mol. The average molecular weight is 259 g/mol. The van der Waals surface area contributed by atoms with E-state index in [1.807, 2.05) is 44.7 Å². The fraction of sp³-hybridized carbons (Fsp3) is 0.438. The van der Waals surface area contributed by atoms with Crippen LogP contribution < -0.4 is 0 Å². The summed E-state index contributed by atoms with van der Waals surface area (Å²) in [5.41, 5.74) is 2.48. The number of hydrogen-bond acceptors (Lipinski definition) is 2. The lowest BCUT2D eigenvalue weighted by molar-refractivity contribution is 0.0717.